The molecule has 4 aliphatic heterocycles. The Morgan fingerprint density at radius 2 is 1.62 bits per heavy atom. The molecule has 0 bridgehead atoms. The van der Waals surface area contributed by atoms with Gasteiger partial charge in [-0.05, 0) is 30.5 Å². The van der Waals surface area contributed by atoms with E-state index < -0.39 is 33.4 Å². The van der Waals surface area contributed by atoms with Gasteiger partial charge >= 0.3 is 0 Å². The van der Waals surface area contributed by atoms with E-state index in [-0.39, 0.29) is 36.8 Å². The molecule has 0 aliphatic carbocycles. The third kappa shape index (κ3) is 4.41. The Morgan fingerprint density at radius 1 is 0.929 bits per heavy atom. The zero-order valence-electron chi connectivity index (χ0n) is 24.0. The first-order valence-corrected chi connectivity index (χ1v) is 15.7. The number of aliphatic hydroxyl groups is 1. The number of amides is 3. The summed E-state index contributed by atoms with van der Waals surface area (Å²) >= 11 is 8.12. The lowest BCUT2D eigenvalue weighted by Gasteiger charge is -2.41. The van der Waals surface area contributed by atoms with Crippen molar-refractivity contribution in [3.05, 3.63) is 89.5 Å². The number of carbonyl (C=O) groups excluding carboxylic acids is 3. The van der Waals surface area contributed by atoms with Crippen LogP contribution in [-0.2, 0) is 20.9 Å². The van der Waals surface area contributed by atoms with Crippen LogP contribution < -0.4 is 4.90 Å². The van der Waals surface area contributed by atoms with Crippen LogP contribution in [0.1, 0.15) is 26.3 Å². The molecule has 220 valence electrons. The Bertz CT molecular complexity index is 1460. The summed E-state index contributed by atoms with van der Waals surface area (Å²) in [7, 11) is 0. The number of fused-ring (bicyclic) bond motifs is 2. The summed E-state index contributed by atoms with van der Waals surface area (Å²) in [5.74, 6) is -2.16. The molecule has 7 nitrogen and oxygen atoms in total. The molecule has 0 radical (unpaired) electrons. The molecule has 6 rings (SSSR count). The van der Waals surface area contributed by atoms with Gasteiger partial charge in [0.2, 0.25) is 11.8 Å². The van der Waals surface area contributed by atoms with E-state index in [1.54, 1.807) is 33.7 Å². The standard InChI is InChI=1S/C33H36ClN3O4S/c1-21(2)25(20-38)37-28-31(41)36(24-14-8-7-13-23(24)34)18-10-16-33(28)27(30(37)40)26-29(39)35(17-9-15-32(26,3)42-33)19-22-11-5-4-6-12-22/h4-16,21,25-28,38H,17-20H2,1-3H3/t25-,26-,27-,28?,32+,33-/m0/s1. The predicted octanol–water partition coefficient (Wildman–Crippen LogP) is 4.55. The van der Waals surface area contributed by atoms with Crippen LogP contribution in [-0.4, -0.2) is 73.9 Å². The molecule has 4 aliphatic rings. The van der Waals surface area contributed by atoms with Crippen LogP contribution in [0.3, 0.4) is 0 Å². The molecular formula is C33H36ClN3O4S. The summed E-state index contributed by atoms with van der Waals surface area (Å²) in [6.07, 6.45) is 8.02. The number of hydrogen-bond donors (Lipinski definition) is 1. The molecule has 4 heterocycles. The number of rotatable bonds is 6. The monoisotopic (exact) mass is 605 g/mol. The summed E-state index contributed by atoms with van der Waals surface area (Å²) in [5.41, 5.74) is 1.58. The van der Waals surface area contributed by atoms with E-state index in [0.717, 1.165) is 5.56 Å². The third-order valence-corrected chi connectivity index (χ3v) is 11.4. The highest BCUT2D eigenvalue weighted by Crippen LogP contribution is 2.66. The predicted molar refractivity (Wildman–Crippen MR) is 166 cm³/mol. The fourth-order valence-corrected chi connectivity index (χ4v) is 9.70. The molecule has 2 saturated heterocycles. The van der Waals surface area contributed by atoms with Crippen molar-refractivity contribution in [2.75, 3.05) is 24.6 Å². The molecule has 1 spiro atoms. The van der Waals surface area contributed by atoms with Crippen molar-refractivity contribution >= 4 is 46.8 Å². The second-order valence-electron chi connectivity index (χ2n) is 12.1. The number of nitrogens with zero attached hydrogens (tertiary/aromatic N) is 3. The number of aliphatic hydroxyl groups excluding tert-OH is 1. The maximum Gasteiger partial charge on any atom is 0.251 e. The summed E-state index contributed by atoms with van der Waals surface area (Å²) < 4.78 is -1.70. The van der Waals surface area contributed by atoms with Gasteiger partial charge < -0.3 is 19.8 Å². The SMILES string of the molecule is CC(C)[C@H](CO)N1C(=O)[C@@H]2[C@H]3C(=O)N(Cc4ccccc4)CC=C[C@@]3(C)S[C@@]23C=CCN(c2ccccc2Cl)C(=O)C13. The topological polar surface area (TPSA) is 81.2 Å². The largest absolute Gasteiger partial charge is 0.394 e. The summed E-state index contributed by atoms with van der Waals surface area (Å²) in [5, 5.41) is 11.0. The summed E-state index contributed by atoms with van der Waals surface area (Å²) in [6.45, 7) is 6.78. The van der Waals surface area contributed by atoms with E-state index in [9.17, 15) is 19.5 Å². The van der Waals surface area contributed by atoms with Crippen LogP contribution in [0.5, 0.6) is 0 Å². The molecule has 0 saturated carbocycles. The van der Waals surface area contributed by atoms with Crippen LogP contribution in [0.15, 0.2) is 78.9 Å². The quantitative estimate of drug-likeness (QED) is 0.489. The second kappa shape index (κ2) is 10.9. The van der Waals surface area contributed by atoms with Gasteiger partial charge in [-0.25, -0.2) is 0 Å². The zero-order valence-corrected chi connectivity index (χ0v) is 25.6. The number of carbonyl (C=O) groups is 3. The molecule has 1 N–H and O–H groups in total. The Labute approximate surface area is 256 Å². The van der Waals surface area contributed by atoms with Crippen LogP contribution in [0.25, 0.3) is 0 Å². The highest BCUT2D eigenvalue weighted by atomic mass is 35.5. The molecule has 2 aromatic rings. The van der Waals surface area contributed by atoms with Gasteiger partial charge in [0, 0.05) is 24.4 Å². The lowest BCUT2D eigenvalue weighted by molar-refractivity contribution is -0.146. The van der Waals surface area contributed by atoms with Crippen LogP contribution in [0.2, 0.25) is 5.02 Å². The zero-order chi connectivity index (χ0) is 29.8. The summed E-state index contributed by atoms with van der Waals surface area (Å²) in [4.78, 5) is 49.0. The normalized spacial score (nSPS) is 31.2. The van der Waals surface area contributed by atoms with Gasteiger partial charge in [-0.2, -0.15) is 0 Å². The number of para-hydroxylation sites is 1. The van der Waals surface area contributed by atoms with Gasteiger partial charge in [-0.1, -0.05) is 92.2 Å². The van der Waals surface area contributed by atoms with Crippen molar-refractivity contribution in [2.45, 2.75) is 48.9 Å². The maximum atomic E-state index is 14.7. The van der Waals surface area contributed by atoms with Crippen LogP contribution in [0.4, 0.5) is 5.69 Å². The lowest BCUT2D eigenvalue weighted by Crippen LogP contribution is -2.58. The lowest BCUT2D eigenvalue weighted by atomic mass is 9.74. The first kappa shape index (κ1) is 29.0. The molecular weight excluding hydrogens is 570 g/mol. The van der Waals surface area contributed by atoms with Crippen molar-refractivity contribution in [2.24, 2.45) is 17.8 Å². The minimum absolute atomic E-state index is 0.0900. The molecule has 2 fully saturated rings. The van der Waals surface area contributed by atoms with Crippen LogP contribution >= 0.6 is 23.4 Å². The van der Waals surface area contributed by atoms with E-state index in [0.29, 0.717) is 23.8 Å². The Morgan fingerprint density at radius 3 is 2.31 bits per heavy atom. The Hall–Kier alpha value is -3.07. The van der Waals surface area contributed by atoms with E-state index >= 15 is 0 Å². The van der Waals surface area contributed by atoms with Gasteiger partial charge in [0.25, 0.3) is 5.91 Å². The molecule has 42 heavy (non-hydrogen) atoms. The maximum absolute atomic E-state index is 14.7. The van der Waals surface area contributed by atoms with Crippen molar-refractivity contribution in [1.82, 2.24) is 9.80 Å². The van der Waals surface area contributed by atoms with E-state index in [1.807, 2.05) is 86.4 Å². The van der Waals surface area contributed by atoms with Crippen LogP contribution in [0, 0.1) is 17.8 Å². The fourth-order valence-electron chi connectivity index (χ4n) is 7.32. The minimum Gasteiger partial charge on any atom is -0.394 e. The number of hydrogen-bond acceptors (Lipinski definition) is 5. The van der Waals surface area contributed by atoms with Crippen molar-refractivity contribution in [3.8, 4) is 0 Å². The third-order valence-electron chi connectivity index (χ3n) is 9.25. The van der Waals surface area contributed by atoms with E-state index in [4.69, 9.17) is 11.6 Å². The van der Waals surface area contributed by atoms with E-state index in [2.05, 4.69) is 6.08 Å². The molecule has 3 amide bonds. The number of likely N-dealkylation sites (tertiary alicyclic amines) is 1. The first-order valence-electron chi connectivity index (χ1n) is 14.5. The Balaban J connectivity index is 1.48. The molecule has 0 aromatic heterocycles. The first-order chi connectivity index (χ1) is 20.1. The number of benzene rings is 2. The van der Waals surface area contributed by atoms with Gasteiger partial charge in [0.05, 0.1) is 39.9 Å². The highest BCUT2D eigenvalue weighted by Gasteiger charge is 2.74. The number of halogens is 1. The molecule has 9 heteroatoms. The minimum atomic E-state index is -0.998. The Kier molecular flexibility index (Phi) is 7.52. The van der Waals surface area contributed by atoms with Crippen molar-refractivity contribution in [1.29, 1.82) is 0 Å². The average molecular weight is 606 g/mol. The second-order valence-corrected chi connectivity index (χ2v) is 14.3. The van der Waals surface area contributed by atoms with Gasteiger partial charge in [0.15, 0.2) is 0 Å². The molecule has 1 unspecified atom stereocenters. The van der Waals surface area contributed by atoms with Crippen molar-refractivity contribution < 1.29 is 19.5 Å². The van der Waals surface area contributed by atoms with Gasteiger partial charge in [-0.15, -0.1) is 11.8 Å². The van der Waals surface area contributed by atoms with Gasteiger partial charge in [-0.3, -0.25) is 14.4 Å². The molecule has 6 atom stereocenters. The van der Waals surface area contributed by atoms with E-state index in [1.165, 1.54) is 0 Å². The molecule has 2 aromatic carbocycles. The van der Waals surface area contributed by atoms with Crippen molar-refractivity contribution in [3.63, 3.8) is 0 Å². The summed E-state index contributed by atoms with van der Waals surface area (Å²) in [6, 6.07) is 15.5. The van der Waals surface area contributed by atoms with Gasteiger partial charge in [0.1, 0.15) is 6.04 Å². The highest BCUT2D eigenvalue weighted by molar-refractivity contribution is 8.02. The average Bonchev–Trinajstić information content (AvgIpc) is 3.23. The number of thioether (sulfide) groups is 1. The fraction of sp³-hybridized carbons (Fsp3) is 0.424. The number of anilines is 1. The smallest absolute Gasteiger partial charge is 0.251 e.